The Hall–Kier alpha value is -3.29. The molecule has 0 saturated carbocycles. The Balaban J connectivity index is 0.000000289. The third-order valence-electron chi connectivity index (χ3n) is 7.10. The second-order valence-electron chi connectivity index (χ2n) is 9.95. The van der Waals surface area contributed by atoms with Crippen LogP contribution < -0.4 is 0 Å². The van der Waals surface area contributed by atoms with Crippen molar-refractivity contribution >= 4 is 29.5 Å². The first kappa shape index (κ1) is 28.3. The fourth-order valence-electron chi connectivity index (χ4n) is 4.94. The quantitative estimate of drug-likeness (QED) is 0.539. The Morgan fingerprint density at radius 1 is 0.649 bits per heavy atom. The number of allylic oxidation sites excluding steroid dienone is 1. The first-order chi connectivity index (χ1) is 17.8. The van der Waals surface area contributed by atoms with Gasteiger partial charge in [-0.15, -0.1) is 0 Å². The molecule has 1 aromatic rings. The average molecular weight is 510 g/mol. The minimum absolute atomic E-state index is 0.136. The van der Waals surface area contributed by atoms with E-state index >= 15 is 0 Å². The van der Waals surface area contributed by atoms with Crippen molar-refractivity contribution in [3.8, 4) is 0 Å². The second kappa shape index (κ2) is 13.9. The van der Waals surface area contributed by atoms with Crippen molar-refractivity contribution in [3.05, 3.63) is 47.7 Å². The number of likely N-dealkylation sites (tertiary alicyclic amines) is 3. The highest BCUT2D eigenvalue weighted by Gasteiger charge is 2.27. The predicted octanol–water partition coefficient (Wildman–Crippen LogP) is 4.69. The molecular weight excluding hydrogens is 470 g/mol. The molecule has 3 aliphatic heterocycles. The smallest absolute Gasteiger partial charge is 0.260 e. The van der Waals surface area contributed by atoms with Gasteiger partial charge in [0.25, 0.3) is 11.8 Å². The van der Waals surface area contributed by atoms with Crippen LogP contribution in [0.3, 0.4) is 0 Å². The lowest BCUT2D eigenvalue weighted by molar-refractivity contribution is -0.129. The number of carbonyl (C=O) groups excluding carboxylic acids is 5. The van der Waals surface area contributed by atoms with Gasteiger partial charge in [0.1, 0.15) is 0 Å². The zero-order valence-electron chi connectivity index (χ0n) is 22.0. The number of nitrogens with zero attached hydrogens (tertiary/aromatic N) is 3. The van der Waals surface area contributed by atoms with E-state index in [-0.39, 0.29) is 29.5 Å². The lowest BCUT2D eigenvalue weighted by Crippen LogP contribution is -2.37. The van der Waals surface area contributed by atoms with Gasteiger partial charge in [-0.1, -0.05) is 31.9 Å². The maximum atomic E-state index is 12.7. The first-order valence-corrected chi connectivity index (χ1v) is 13.5. The van der Waals surface area contributed by atoms with Crippen LogP contribution >= 0.6 is 0 Å². The summed E-state index contributed by atoms with van der Waals surface area (Å²) < 4.78 is 0. The van der Waals surface area contributed by atoms with Crippen LogP contribution in [0.4, 0.5) is 0 Å². The van der Waals surface area contributed by atoms with Crippen LogP contribution in [-0.4, -0.2) is 63.9 Å². The summed E-state index contributed by atoms with van der Waals surface area (Å²) >= 11 is 0. The average Bonchev–Trinajstić information content (AvgIpc) is 3.34. The van der Waals surface area contributed by atoms with Crippen molar-refractivity contribution in [1.82, 2.24) is 14.7 Å². The van der Waals surface area contributed by atoms with E-state index < -0.39 is 0 Å². The van der Waals surface area contributed by atoms with Gasteiger partial charge < -0.3 is 4.90 Å². The third-order valence-corrected chi connectivity index (χ3v) is 7.10. The van der Waals surface area contributed by atoms with Gasteiger partial charge in [0.05, 0.1) is 0 Å². The summed E-state index contributed by atoms with van der Waals surface area (Å²) in [5.74, 6) is -0.918. The number of hydrogen-bond acceptors (Lipinski definition) is 5. The van der Waals surface area contributed by atoms with Gasteiger partial charge >= 0.3 is 0 Å². The zero-order valence-corrected chi connectivity index (χ0v) is 22.0. The summed E-state index contributed by atoms with van der Waals surface area (Å²) in [4.78, 5) is 65.2. The van der Waals surface area contributed by atoms with E-state index in [1.54, 1.807) is 30.0 Å². The van der Waals surface area contributed by atoms with E-state index in [1.165, 1.54) is 28.7 Å². The van der Waals surface area contributed by atoms with E-state index in [2.05, 4.69) is 6.58 Å². The standard InChI is InChI=1S/C20H24N2O4.C9H15NO/c23-17-10-3-1-5-12-21(17)19(25)15-8-7-9-16(14-15)20(26)22-13-6-2-4-11-18(22)24;1-8-6-4-3-5-7-10(8)9(2)11/h7-9,14H,1-6,10-13H2;1,3-7H2,2H3. The van der Waals surface area contributed by atoms with Crippen molar-refractivity contribution in [2.24, 2.45) is 0 Å². The molecule has 3 aliphatic rings. The number of carbonyl (C=O) groups is 5. The zero-order chi connectivity index (χ0) is 26.8. The highest BCUT2D eigenvalue weighted by atomic mass is 16.2. The minimum Gasteiger partial charge on any atom is -0.317 e. The van der Waals surface area contributed by atoms with Crippen molar-refractivity contribution in [2.45, 2.75) is 84.0 Å². The molecule has 4 rings (SSSR count). The van der Waals surface area contributed by atoms with Crippen LogP contribution in [0.1, 0.15) is 105 Å². The Morgan fingerprint density at radius 2 is 1.08 bits per heavy atom. The van der Waals surface area contributed by atoms with E-state index in [1.807, 2.05) is 0 Å². The summed E-state index contributed by atoms with van der Waals surface area (Å²) in [5, 5.41) is 0. The van der Waals surface area contributed by atoms with Crippen molar-refractivity contribution in [2.75, 3.05) is 19.6 Å². The Bertz CT molecular complexity index is 977. The number of benzene rings is 1. The monoisotopic (exact) mass is 509 g/mol. The molecule has 3 fully saturated rings. The highest BCUT2D eigenvalue weighted by molar-refractivity contribution is 6.08. The van der Waals surface area contributed by atoms with Crippen LogP contribution in [0.25, 0.3) is 0 Å². The van der Waals surface area contributed by atoms with Crippen molar-refractivity contribution in [3.63, 3.8) is 0 Å². The van der Waals surface area contributed by atoms with Gasteiger partial charge in [-0.3, -0.25) is 33.8 Å². The molecule has 0 atom stereocenters. The van der Waals surface area contributed by atoms with Gasteiger partial charge in [0.2, 0.25) is 17.7 Å². The van der Waals surface area contributed by atoms with Gasteiger partial charge in [-0.05, 0) is 63.1 Å². The number of imide groups is 2. The van der Waals surface area contributed by atoms with E-state index in [4.69, 9.17) is 0 Å². The highest BCUT2D eigenvalue weighted by Crippen LogP contribution is 2.19. The number of rotatable bonds is 2. The largest absolute Gasteiger partial charge is 0.317 e. The molecule has 8 heteroatoms. The fourth-order valence-corrected chi connectivity index (χ4v) is 4.94. The number of hydrogen-bond donors (Lipinski definition) is 0. The third kappa shape index (κ3) is 7.84. The molecule has 0 N–H and O–H groups in total. The predicted molar refractivity (Wildman–Crippen MR) is 140 cm³/mol. The van der Waals surface area contributed by atoms with E-state index in [0.717, 1.165) is 63.6 Å². The van der Waals surface area contributed by atoms with Crippen LogP contribution in [0.2, 0.25) is 0 Å². The van der Waals surface area contributed by atoms with Crippen molar-refractivity contribution in [1.29, 1.82) is 0 Å². The Labute approximate surface area is 219 Å². The Kier molecular flexibility index (Phi) is 10.6. The van der Waals surface area contributed by atoms with E-state index in [9.17, 15) is 24.0 Å². The van der Waals surface area contributed by atoms with E-state index in [0.29, 0.717) is 37.1 Å². The number of amides is 5. The van der Waals surface area contributed by atoms with Crippen LogP contribution in [0.15, 0.2) is 36.5 Å². The fraction of sp³-hybridized carbons (Fsp3) is 0.552. The molecule has 0 unspecified atom stereocenters. The minimum atomic E-state index is -0.367. The van der Waals surface area contributed by atoms with Crippen LogP contribution in [0, 0.1) is 0 Å². The lowest BCUT2D eigenvalue weighted by atomic mass is 10.1. The molecule has 200 valence electrons. The topological polar surface area (TPSA) is 95.1 Å². The first-order valence-electron chi connectivity index (χ1n) is 13.5. The molecule has 8 nitrogen and oxygen atoms in total. The molecule has 37 heavy (non-hydrogen) atoms. The molecule has 1 aromatic carbocycles. The Morgan fingerprint density at radius 3 is 1.54 bits per heavy atom. The molecule has 0 aliphatic carbocycles. The molecule has 5 amide bonds. The van der Waals surface area contributed by atoms with Crippen LogP contribution in [-0.2, 0) is 14.4 Å². The van der Waals surface area contributed by atoms with Gasteiger partial charge in [0.15, 0.2) is 0 Å². The summed E-state index contributed by atoms with van der Waals surface area (Å²) in [6, 6.07) is 6.36. The van der Waals surface area contributed by atoms with Gasteiger partial charge in [-0.25, -0.2) is 0 Å². The molecule has 0 spiro atoms. The normalized spacial score (nSPS) is 19.3. The van der Waals surface area contributed by atoms with Crippen molar-refractivity contribution < 1.29 is 24.0 Å². The van der Waals surface area contributed by atoms with Gasteiger partial charge in [-0.2, -0.15) is 0 Å². The summed E-state index contributed by atoms with van der Waals surface area (Å²) in [5.41, 5.74) is 1.62. The summed E-state index contributed by atoms with van der Waals surface area (Å²) in [6.07, 6.45) is 10.4. The molecule has 0 aromatic heterocycles. The van der Waals surface area contributed by atoms with Crippen LogP contribution in [0.5, 0.6) is 0 Å². The summed E-state index contributed by atoms with van der Waals surface area (Å²) in [7, 11) is 0. The second-order valence-corrected chi connectivity index (χ2v) is 9.95. The molecule has 0 bridgehead atoms. The van der Waals surface area contributed by atoms with Gasteiger partial charge in [0, 0.05) is 56.2 Å². The summed E-state index contributed by atoms with van der Waals surface area (Å²) in [6.45, 7) is 7.19. The molecule has 3 saturated heterocycles. The lowest BCUT2D eigenvalue weighted by Gasteiger charge is -2.20. The molecular formula is C29H39N3O5. The molecule has 3 heterocycles. The maximum Gasteiger partial charge on any atom is 0.260 e. The SMILES string of the molecule is C=C1CCCCCN1C(C)=O.O=C1CCCCCN1C(=O)c1cccc(C(=O)N2CCCCCC2=O)c1. The maximum absolute atomic E-state index is 12.7. The molecule has 0 radical (unpaired) electrons.